The van der Waals surface area contributed by atoms with Crippen molar-refractivity contribution in [3.8, 4) is 44.5 Å². The van der Waals surface area contributed by atoms with E-state index in [4.69, 9.17) is 0 Å². The summed E-state index contributed by atoms with van der Waals surface area (Å²) in [5.74, 6) is 0. The molecule has 0 atom stereocenters. The molecule has 0 unspecified atom stereocenters. The van der Waals surface area contributed by atoms with Crippen molar-refractivity contribution in [1.82, 2.24) is 0 Å². The standard InChI is InChI=1S/C75H49N/c1-5-24-50(25-6-1)73(51-26-7-2-8-27-51)63-37-18-15-34-58(63)61-48-54(44-46-68(61)73)76(55-45-47-69-62(49-55)59-35-16-19-38-64(59)74(69,52-28-9-3-10-29-52)53-30-11-4-12-31-53)71-43-23-42-70-72(71)60-36-17-22-41-67(60)75(70)65-39-20-13-32-56(65)57-33-14-21-40-66(57)75/h1-49H. The lowest BCUT2D eigenvalue weighted by Gasteiger charge is -2.35. The average molecular weight is 964 g/mol. The van der Waals surface area contributed by atoms with Crippen LogP contribution >= 0.6 is 0 Å². The number of hydrogen-bond donors (Lipinski definition) is 0. The number of hydrogen-bond acceptors (Lipinski definition) is 1. The molecule has 76 heavy (non-hydrogen) atoms. The predicted octanol–water partition coefficient (Wildman–Crippen LogP) is 18.2. The number of nitrogens with zero attached hydrogens (tertiary/aromatic N) is 1. The lowest BCUT2D eigenvalue weighted by molar-refractivity contribution is 0.768. The highest BCUT2D eigenvalue weighted by atomic mass is 15.1. The molecule has 12 aromatic carbocycles. The summed E-state index contributed by atoms with van der Waals surface area (Å²) in [6.07, 6.45) is 0. The van der Waals surface area contributed by atoms with Gasteiger partial charge in [0, 0.05) is 16.9 Å². The first kappa shape index (κ1) is 42.9. The van der Waals surface area contributed by atoms with Crippen molar-refractivity contribution >= 4 is 17.1 Å². The summed E-state index contributed by atoms with van der Waals surface area (Å²) in [6, 6.07) is 112. The van der Waals surface area contributed by atoms with Crippen LogP contribution in [0.2, 0.25) is 0 Å². The maximum Gasteiger partial charge on any atom is 0.0726 e. The molecule has 4 aliphatic rings. The van der Waals surface area contributed by atoms with Crippen LogP contribution in [0.25, 0.3) is 44.5 Å². The lowest BCUT2D eigenvalue weighted by atomic mass is 9.67. The number of rotatable bonds is 7. The van der Waals surface area contributed by atoms with Crippen molar-refractivity contribution in [3.63, 3.8) is 0 Å². The van der Waals surface area contributed by atoms with Crippen LogP contribution in [0, 0.1) is 0 Å². The van der Waals surface area contributed by atoms with Gasteiger partial charge in [-0.2, -0.15) is 0 Å². The SMILES string of the molecule is c1ccc(C2(c3ccccc3)c3ccccc3-c3cc(N(c4ccc5c(c4)-c4ccccc4C5(c4ccccc4)c4ccccc4)c4cccc5c4-c4ccccc4C54c5ccccc5-c5ccccc54)ccc32)cc1. The third-order valence-electron chi connectivity index (χ3n) is 17.6. The third-order valence-corrected chi connectivity index (χ3v) is 17.6. The Morgan fingerprint density at radius 3 is 0.882 bits per heavy atom. The van der Waals surface area contributed by atoms with E-state index in [1.807, 2.05) is 0 Å². The first-order valence-electron chi connectivity index (χ1n) is 26.7. The molecule has 354 valence electrons. The van der Waals surface area contributed by atoms with Gasteiger partial charge >= 0.3 is 0 Å². The highest BCUT2D eigenvalue weighted by Gasteiger charge is 2.53. The van der Waals surface area contributed by atoms with Gasteiger partial charge in [-0.15, -0.1) is 0 Å². The molecule has 12 aromatic rings. The van der Waals surface area contributed by atoms with Gasteiger partial charge < -0.3 is 4.90 Å². The fourth-order valence-electron chi connectivity index (χ4n) is 14.9. The van der Waals surface area contributed by atoms with Crippen LogP contribution in [0.5, 0.6) is 0 Å². The first-order valence-corrected chi connectivity index (χ1v) is 26.7. The topological polar surface area (TPSA) is 3.24 Å². The van der Waals surface area contributed by atoms with E-state index in [2.05, 4.69) is 302 Å². The Balaban J connectivity index is 0.997. The minimum Gasteiger partial charge on any atom is -0.310 e. The van der Waals surface area contributed by atoms with Crippen LogP contribution in [0.1, 0.15) is 66.8 Å². The summed E-state index contributed by atoms with van der Waals surface area (Å²) in [5, 5.41) is 0. The Kier molecular flexibility index (Phi) is 9.15. The molecule has 0 saturated heterocycles. The minimum atomic E-state index is -0.518. The van der Waals surface area contributed by atoms with Crippen LogP contribution in [-0.2, 0) is 16.2 Å². The predicted molar refractivity (Wildman–Crippen MR) is 312 cm³/mol. The quantitative estimate of drug-likeness (QED) is 0.154. The Hall–Kier alpha value is -9.56. The van der Waals surface area contributed by atoms with E-state index in [9.17, 15) is 0 Å². The van der Waals surface area contributed by atoms with E-state index in [0.29, 0.717) is 0 Å². The van der Waals surface area contributed by atoms with Gasteiger partial charge in [0.25, 0.3) is 0 Å². The maximum atomic E-state index is 2.59. The number of anilines is 3. The zero-order chi connectivity index (χ0) is 50.0. The largest absolute Gasteiger partial charge is 0.310 e. The summed E-state index contributed by atoms with van der Waals surface area (Å²) < 4.78 is 0. The molecule has 0 amide bonds. The summed E-state index contributed by atoms with van der Waals surface area (Å²) in [4.78, 5) is 2.59. The van der Waals surface area contributed by atoms with Gasteiger partial charge in [0.2, 0.25) is 0 Å². The van der Waals surface area contributed by atoms with Crippen LogP contribution in [-0.4, -0.2) is 0 Å². The molecular weight excluding hydrogens is 915 g/mol. The third kappa shape index (κ3) is 5.49. The number of fused-ring (bicyclic) bond motifs is 16. The zero-order valence-corrected chi connectivity index (χ0v) is 41.7. The maximum absolute atomic E-state index is 2.59. The van der Waals surface area contributed by atoms with Crippen LogP contribution < -0.4 is 4.90 Å². The normalized spacial score (nSPS) is 14.6. The van der Waals surface area contributed by atoms with Gasteiger partial charge in [-0.25, -0.2) is 0 Å². The van der Waals surface area contributed by atoms with Gasteiger partial charge in [-0.05, 0) is 136 Å². The molecule has 0 bridgehead atoms. The van der Waals surface area contributed by atoms with E-state index in [0.717, 1.165) is 17.1 Å². The molecule has 1 heteroatoms. The Morgan fingerprint density at radius 1 is 0.197 bits per heavy atom. The summed E-state index contributed by atoms with van der Waals surface area (Å²) in [5.41, 5.74) is 27.5. The Bertz CT molecular complexity index is 3980. The second-order valence-corrected chi connectivity index (χ2v) is 20.9. The van der Waals surface area contributed by atoms with Gasteiger partial charge in [-0.3, -0.25) is 0 Å². The highest BCUT2D eigenvalue weighted by Crippen LogP contribution is 2.66. The monoisotopic (exact) mass is 963 g/mol. The molecular formula is C75H49N. The van der Waals surface area contributed by atoms with E-state index >= 15 is 0 Å². The van der Waals surface area contributed by atoms with Crippen molar-refractivity contribution in [1.29, 1.82) is 0 Å². The molecule has 16 rings (SSSR count). The molecule has 1 spiro atoms. The summed E-state index contributed by atoms with van der Waals surface area (Å²) >= 11 is 0. The zero-order valence-electron chi connectivity index (χ0n) is 41.7. The van der Waals surface area contributed by atoms with E-state index in [1.54, 1.807) is 0 Å². The van der Waals surface area contributed by atoms with E-state index in [1.165, 1.54) is 111 Å². The van der Waals surface area contributed by atoms with Gasteiger partial charge in [0.15, 0.2) is 0 Å². The Morgan fingerprint density at radius 2 is 0.487 bits per heavy atom. The molecule has 0 saturated carbocycles. The van der Waals surface area contributed by atoms with Crippen molar-refractivity contribution in [2.75, 3.05) is 4.90 Å². The van der Waals surface area contributed by atoms with Crippen molar-refractivity contribution in [2.45, 2.75) is 16.2 Å². The van der Waals surface area contributed by atoms with Gasteiger partial charge in [0.1, 0.15) is 0 Å². The molecule has 0 N–H and O–H groups in total. The first-order chi connectivity index (χ1) is 37.7. The smallest absolute Gasteiger partial charge is 0.0726 e. The fourth-order valence-corrected chi connectivity index (χ4v) is 14.9. The average Bonchev–Trinajstić information content (AvgIpc) is 4.39. The van der Waals surface area contributed by atoms with Crippen LogP contribution in [0.4, 0.5) is 17.1 Å². The van der Waals surface area contributed by atoms with E-state index < -0.39 is 16.2 Å². The minimum absolute atomic E-state index is 0.496. The second kappa shape index (κ2) is 16.2. The lowest BCUT2D eigenvalue weighted by Crippen LogP contribution is -2.28. The Labute approximate surface area is 444 Å². The second-order valence-electron chi connectivity index (χ2n) is 20.9. The molecule has 0 heterocycles. The number of benzene rings is 12. The van der Waals surface area contributed by atoms with Gasteiger partial charge in [0.05, 0.1) is 21.9 Å². The fraction of sp³-hybridized carbons (Fsp3) is 0.0400. The van der Waals surface area contributed by atoms with Crippen LogP contribution in [0.3, 0.4) is 0 Å². The molecule has 0 fully saturated rings. The molecule has 0 aliphatic heterocycles. The van der Waals surface area contributed by atoms with Crippen molar-refractivity contribution < 1.29 is 0 Å². The summed E-state index contributed by atoms with van der Waals surface area (Å²) in [6.45, 7) is 0. The van der Waals surface area contributed by atoms with E-state index in [-0.39, 0.29) is 0 Å². The highest BCUT2D eigenvalue weighted by molar-refractivity contribution is 6.02. The molecule has 1 nitrogen and oxygen atoms in total. The summed E-state index contributed by atoms with van der Waals surface area (Å²) in [7, 11) is 0. The van der Waals surface area contributed by atoms with Gasteiger partial charge in [-0.1, -0.05) is 267 Å². The molecule has 0 aromatic heterocycles. The van der Waals surface area contributed by atoms with Crippen LogP contribution in [0.15, 0.2) is 297 Å². The van der Waals surface area contributed by atoms with Crippen molar-refractivity contribution in [2.24, 2.45) is 0 Å². The van der Waals surface area contributed by atoms with Crippen molar-refractivity contribution in [3.05, 3.63) is 364 Å². The molecule has 0 radical (unpaired) electrons. The molecule has 4 aliphatic carbocycles.